The Hall–Kier alpha value is -2.50. The Labute approximate surface area is 128 Å². The third-order valence-corrected chi connectivity index (χ3v) is 3.38. The van der Waals surface area contributed by atoms with E-state index in [9.17, 15) is 19.2 Å². The number of benzene rings is 1. The highest BCUT2D eigenvalue weighted by Crippen LogP contribution is 2.29. The molecule has 0 radical (unpaired) electrons. The molecule has 1 aliphatic heterocycles. The summed E-state index contributed by atoms with van der Waals surface area (Å²) in [7, 11) is 0. The molecule has 0 aromatic heterocycles. The minimum Gasteiger partial charge on any atom is -0.463 e. The van der Waals surface area contributed by atoms with Crippen LogP contribution in [0.3, 0.4) is 0 Å². The molecule has 1 aromatic rings. The van der Waals surface area contributed by atoms with Crippen LogP contribution in [-0.2, 0) is 14.3 Å². The number of nitrogens with zero attached hydrogens (tertiary/aromatic N) is 1. The van der Waals surface area contributed by atoms with Crippen molar-refractivity contribution in [3.8, 4) is 0 Å². The standard InChI is InChI=1S/C16H17NO5/c1-10(18)8-13(19)22-9-16(2,3)17-14(20)11-6-4-5-7-12(11)15(17)21/h4-7H,8-9H2,1-3H3. The predicted molar refractivity (Wildman–Crippen MR) is 77.3 cm³/mol. The predicted octanol–water partition coefficient (Wildman–Crippen LogP) is 1.58. The van der Waals surface area contributed by atoms with Crippen molar-refractivity contribution >= 4 is 23.6 Å². The normalized spacial score (nSPS) is 14.0. The van der Waals surface area contributed by atoms with E-state index >= 15 is 0 Å². The molecule has 0 unspecified atom stereocenters. The summed E-state index contributed by atoms with van der Waals surface area (Å²) in [6.45, 7) is 4.40. The van der Waals surface area contributed by atoms with Gasteiger partial charge in [0, 0.05) is 0 Å². The molecule has 0 atom stereocenters. The lowest BCUT2D eigenvalue weighted by atomic mass is 10.0. The molecule has 0 bridgehead atoms. The third kappa shape index (κ3) is 2.90. The van der Waals surface area contributed by atoms with Crippen molar-refractivity contribution in [3.05, 3.63) is 35.4 Å². The molecule has 22 heavy (non-hydrogen) atoms. The first-order chi connectivity index (χ1) is 10.2. The van der Waals surface area contributed by atoms with E-state index in [1.807, 2.05) is 0 Å². The smallest absolute Gasteiger partial charge is 0.313 e. The Morgan fingerprint density at radius 2 is 1.59 bits per heavy atom. The minimum absolute atomic E-state index is 0.162. The minimum atomic E-state index is -1.00. The number of carbonyl (C=O) groups is 4. The number of hydrogen-bond donors (Lipinski definition) is 0. The zero-order valence-electron chi connectivity index (χ0n) is 12.7. The number of rotatable bonds is 5. The number of hydrogen-bond acceptors (Lipinski definition) is 5. The fraction of sp³-hybridized carbons (Fsp3) is 0.375. The Bertz CT molecular complexity index is 627. The van der Waals surface area contributed by atoms with Gasteiger partial charge in [-0.15, -0.1) is 0 Å². The number of fused-ring (bicyclic) bond motifs is 1. The molecule has 116 valence electrons. The van der Waals surface area contributed by atoms with E-state index in [1.165, 1.54) is 6.92 Å². The molecular weight excluding hydrogens is 286 g/mol. The molecule has 0 fully saturated rings. The zero-order chi connectivity index (χ0) is 16.5. The second-order valence-corrected chi connectivity index (χ2v) is 5.84. The summed E-state index contributed by atoms with van der Waals surface area (Å²) in [5, 5.41) is 0. The van der Waals surface area contributed by atoms with Gasteiger partial charge < -0.3 is 4.74 Å². The van der Waals surface area contributed by atoms with Crippen molar-refractivity contribution in [3.63, 3.8) is 0 Å². The van der Waals surface area contributed by atoms with Gasteiger partial charge in [-0.05, 0) is 32.9 Å². The lowest BCUT2D eigenvalue weighted by Gasteiger charge is -2.33. The number of carbonyl (C=O) groups excluding carboxylic acids is 4. The highest BCUT2D eigenvalue weighted by Gasteiger charge is 2.44. The molecule has 1 aliphatic rings. The molecule has 2 amide bonds. The summed E-state index contributed by atoms with van der Waals surface area (Å²) in [6.07, 6.45) is -0.321. The first-order valence-electron chi connectivity index (χ1n) is 6.87. The quantitative estimate of drug-likeness (QED) is 0.469. The fourth-order valence-corrected chi connectivity index (χ4v) is 2.31. The summed E-state index contributed by atoms with van der Waals surface area (Å²) in [5.41, 5.74) is -0.314. The zero-order valence-corrected chi connectivity index (χ0v) is 12.7. The van der Waals surface area contributed by atoms with Crippen LogP contribution in [0, 0.1) is 0 Å². The van der Waals surface area contributed by atoms with Crippen LogP contribution < -0.4 is 0 Å². The van der Waals surface area contributed by atoms with Crippen LogP contribution in [0.1, 0.15) is 47.9 Å². The SMILES string of the molecule is CC(=O)CC(=O)OCC(C)(C)N1C(=O)c2ccccc2C1=O. The van der Waals surface area contributed by atoms with Crippen LogP contribution in [0.15, 0.2) is 24.3 Å². The number of ether oxygens (including phenoxy) is 1. The Balaban J connectivity index is 2.14. The first-order valence-corrected chi connectivity index (χ1v) is 6.87. The molecular formula is C16H17NO5. The Kier molecular flexibility index (Phi) is 4.12. The van der Waals surface area contributed by atoms with Gasteiger partial charge in [-0.2, -0.15) is 0 Å². The largest absolute Gasteiger partial charge is 0.463 e. The van der Waals surface area contributed by atoms with Crippen molar-refractivity contribution < 1.29 is 23.9 Å². The summed E-state index contributed by atoms with van der Waals surface area (Å²) in [5.74, 6) is -1.79. The highest BCUT2D eigenvalue weighted by molar-refractivity contribution is 6.21. The van der Waals surface area contributed by atoms with E-state index in [1.54, 1.807) is 38.1 Å². The fourth-order valence-electron chi connectivity index (χ4n) is 2.31. The lowest BCUT2D eigenvalue weighted by Crippen LogP contribution is -2.51. The van der Waals surface area contributed by atoms with Gasteiger partial charge in [0.1, 0.15) is 18.8 Å². The average Bonchev–Trinajstić information content (AvgIpc) is 2.69. The number of Topliss-reactive ketones (excluding diaryl/α,β-unsaturated/α-hetero) is 1. The van der Waals surface area contributed by atoms with Crippen molar-refractivity contribution in [2.24, 2.45) is 0 Å². The van der Waals surface area contributed by atoms with Gasteiger partial charge in [0.2, 0.25) is 0 Å². The van der Waals surface area contributed by atoms with Crippen LogP contribution in [0.2, 0.25) is 0 Å². The van der Waals surface area contributed by atoms with E-state index < -0.39 is 23.3 Å². The second kappa shape index (κ2) is 5.71. The maximum Gasteiger partial charge on any atom is 0.313 e. The van der Waals surface area contributed by atoms with Gasteiger partial charge in [-0.3, -0.25) is 24.1 Å². The maximum absolute atomic E-state index is 12.4. The molecule has 2 rings (SSSR count). The summed E-state index contributed by atoms with van der Waals surface area (Å²) in [4.78, 5) is 48.2. The summed E-state index contributed by atoms with van der Waals surface area (Å²) in [6, 6.07) is 6.56. The van der Waals surface area contributed by atoms with E-state index in [-0.39, 0.29) is 18.8 Å². The number of imide groups is 1. The second-order valence-electron chi connectivity index (χ2n) is 5.84. The van der Waals surface area contributed by atoms with Gasteiger partial charge in [-0.25, -0.2) is 0 Å². The highest BCUT2D eigenvalue weighted by atomic mass is 16.5. The van der Waals surface area contributed by atoms with Crippen molar-refractivity contribution in [1.82, 2.24) is 4.90 Å². The monoisotopic (exact) mass is 303 g/mol. The van der Waals surface area contributed by atoms with E-state index in [4.69, 9.17) is 4.74 Å². The molecule has 0 aliphatic carbocycles. The van der Waals surface area contributed by atoms with Gasteiger partial charge in [0.05, 0.1) is 16.7 Å². The first kappa shape index (κ1) is 15.9. The molecule has 6 heteroatoms. The van der Waals surface area contributed by atoms with Crippen molar-refractivity contribution in [2.75, 3.05) is 6.61 Å². The van der Waals surface area contributed by atoms with Gasteiger partial charge in [-0.1, -0.05) is 12.1 Å². The molecule has 0 saturated heterocycles. The van der Waals surface area contributed by atoms with Crippen LogP contribution >= 0.6 is 0 Å². The van der Waals surface area contributed by atoms with Crippen molar-refractivity contribution in [2.45, 2.75) is 32.7 Å². The van der Waals surface area contributed by atoms with Gasteiger partial charge >= 0.3 is 5.97 Å². The summed E-state index contributed by atoms with van der Waals surface area (Å²) >= 11 is 0. The van der Waals surface area contributed by atoms with Gasteiger partial charge in [0.25, 0.3) is 11.8 Å². The Morgan fingerprint density at radius 1 is 1.09 bits per heavy atom. The number of esters is 1. The molecule has 6 nitrogen and oxygen atoms in total. The molecule has 1 heterocycles. The number of amides is 2. The molecule has 1 aromatic carbocycles. The average molecular weight is 303 g/mol. The van der Waals surface area contributed by atoms with Crippen LogP contribution in [0.4, 0.5) is 0 Å². The van der Waals surface area contributed by atoms with Gasteiger partial charge in [0.15, 0.2) is 0 Å². The summed E-state index contributed by atoms with van der Waals surface area (Å²) < 4.78 is 5.02. The van der Waals surface area contributed by atoms with E-state index in [0.29, 0.717) is 11.1 Å². The maximum atomic E-state index is 12.4. The van der Waals surface area contributed by atoms with E-state index in [0.717, 1.165) is 4.90 Å². The number of ketones is 1. The van der Waals surface area contributed by atoms with E-state index in [2.05, 4.69) is 0 Å². The molecule has 0 saturated carbocycles. The van der Waals surface area contributed by atoms with Crippen LogP contribution in [0.5, 0.6) is 0 Å². The lowest BCUT2D eigenvalue weighted by molar-refractivity contribution is -0.148. The van der Waals surface area contributed by atoms with Crippen molar-refractivity contribution in [1.29, 1.82) is 0 Å². The third-order valence-electron chi connectivity index (χ3n) is 3.38. The molecule has 0 spiro atoms. The Morgan fingerprint density at radius 3 is 2.05 bits per heavy atom. The topological polar surface area (TPSA) is 80.8 Å². The molecule has 0 N–H and O–H groups in total. The van der Waals surface area contributed by atoms with Crippen LogP contribution in [-0.4, -0.2) is 40.6 Å². The van der Waals surface area contributed by atoms with Crippen LogP contribution in [0.25, 0.3) is 0 Å².